The van der Waals surface area contributed by atoms with Crippen LogP contribution in [0.15, 0.2) is 0 Å². The summed E-state index contributed by atoms with van der Waals surface area (Å²) in [4.78, 5) is 42.2. The summed E-state index contributed by atoms with van der Waals surface area (Å²) in [6.07, 6.45) is -1.24. The summed E-state index contributed by atoms with van der Waals surface area (Å²) in [5.74, 6) is -5.25. The molecule has 0 aliphatic carbocycles. The molecule has 12 heteroatoms. The first-order valence-electron chi connectivity index (χ1n) is 5.60. The Bertz CT molecular complexity index is 359. The van der Waals surface area contributed by atoms with E-state index in [1.165, 1.54) is 0 Å². The second-order valence-electron chi connectivity index (χ2n) is 3.89. The van der Waals surface area contributed by atoms with Crippen molar-refractivity contribution in [2.75, 3.05) is 13.1 Å². The third kappa shape index (κ3) is 13.2. The van der Waals surface area contributed by atoms with Gasteiger partial charge in [-0.15, -0.1) is 0 Å². The Labute approximate surface area is 164 Å². The first-order chi connectivity index (χ1) is 9.23. The molecule has 0 unspecified atom stereocenters. The molecule has 0 aliphatic heterocycles. The molecule has 0 fully saturated rings. The fourth-order valence-electron chi connectivity index (χ4n) is 1.34. The van der Waals surface area contributed by atoms with Crippen LogP contribution in [-0.2, 0) is 19.2 Å². The fraction of sp³-hybridized carbons (Fsp3) is 0.600. The molecule has 0 saturated carbocycles. The second kappa shape index (κ2) is 14.2. The third-order valence-corrected chi connectivity index (χ3v) is 2.26. The maximum absolute atomic E-state index is 10.7. The molecule has 0 aromatic heterocycles. The van der Waals surface area contributed by atoms with Crippen LogP contribution in [0.1, 0.15) is 12.8 Å². The number of aliphatic carboxylic acids is 4. The molecule has 0 rings (SSSR count). The Morgan fingerprint density at radius 1 is 0.727 bits per heavy atom. The van der Waals surface area contributed by atoms with Crippen LogP contribution in [0, 0.1) is 0 Å². The van der Waals surface area contributed by atoms with E-state index in [9.17, 15) is 19.2 Å². The molecule has 0 saturated heterocycles. The van der Waals surface area contributed by atoms with Crippen molar-refractivity contribution in [1.29, 1.82) is 0 Å². The van der Waals surface area contributed by atoms with Crippen molar-refractivity contribution in [1.82, 2.24) is 10.6 Å². The van der Waals surface area contributed by atoms with E-state index >= 15 is 0 Å². The van der Waals surface area contributed by atoms with Crippen molar-refractivity contribution in [2.45, 2.75) is 24.9 Å². The van der Waals surface area contributed by atoms with Gasteiger partial charge < -0.3 is 31.1 Å². The molecule has 2 atom stereocenters. The molecule has 0 aliphatic rings. The van der Waals surface area contributed by atoms with E-state index in [0.717, 1.165) is 0 Å². The molecule has 22 heavy (non-hydrogen) atoms. The molecule has 10 nitrogen and oxygen atoms in total. The average molecular weight is 340 g/mol. The van der Waals surface area contributed by atoms with Crippen LogP contribution in [0.5, 0.6) is 0 Å². The zero-order chi connectivity index (χ0) is 15.7. The van der Waals surface area contributed by atoms with Gasteiger partial charge in [0, 0.05) is 13.1 Å². The van der Waals surface area contributed by atoms with Gasteiger partial charge in [0.05, 0.1) is 12.8 Å². The predicted octanol–water partition coefficient (Wildman–Crippen LogP) is -5.36. The maximum Gasteiger partial charge on any atom is 2.00 e. The summed E-state index contributed by atoms with van der Waals surface area (Å²) < 4.78 is 0. The molecular formula is C10H16MgN2NaO8+3. The summed E-state index contributed by atoms with van der Waals surface area (Å²) in [6, 6.07) is -2.59. The maximum atomic E-state index is 10.7. The van der Waals surface area contributed by atoms with Gasteiger partial charge in [0.15, 0.2) is 0 Å². The second-order valence-corrected chi connectivity index (χ2v) is 3.89. The monoisotopic (exact) mass is 339 g/mol. The van der Waals surface area contributed by atoms with Crippen molar-refractivity contribution in [3.8, 4) is 0 Å². The molecule has 6 N–H and O–H groups in total. The smallest absolute Gasteiger partial charge is 0.481 e. The first kappa shape index (κ1) is 26.5. The van der Waals surface area contributed by atoms with Gasteiger partial charge >= 0.3 is 76.5 Å². The van der Waals surface area contributed by atoms with Crippen LogP contribution in [0.2, 0.25) is 0 Å². The topological polar surface area (TPSA) is 173 Å². The zero-order valence-corrected chi connectivity index (χ0v) is 15.5. The molecule has 0 spiro atoms. The van der Waals surface area contributed by atoms with E-state index in [-0.39, 0.29) is 65.7 Å². The van der Waals surface area contributed by atoms with E-state index in [0.29, 0.717) is 0 Å². The number of hydrogen-bond donors (Lipinski definition) is 6. The minimum absolute atomic E-state index is 0. The molecular weight excluding hydrogens is 323 g/mol. The number of nitrogens with one attached hydrogen (secondary N) is 2. The van der Waals surface area contributed by atoms with Gasteiger partial charge in [0.2, 0.25) is 0 Å². The molecule has 0 heterocycles. The van der Waals surface area contributed by atoms with Crippen molar-refractivity contribution in [2.24, 2.45) is 0 Å². The Hall–Kier alpha value is -0.434. The molecule has 0 amide bonds. The molecule has 0 bridgehead atoms. The van der Waals surface area contributed by atoms with Crippen molar-refractivity contribution in [3.63, 3.8) is 0 Å². The van der Waals surface area contributed by atoms with Gasteiger partial charge in [-0.1, -0.05) is 0 Å². The minimum atomic E-state index is -1.34. The van der Waals surface area contributed by atoms with Crippen LogP contribution in [0.3, 0.4) is 0 Å². The largest absolute Gasteiger partial charge is 2.00 e. The fourth-order valence-corrected chi connectivity index (χ4v) is 1.34. The third-order valence-electron chi connectivity index (χ3n) is 2.26. The SMILES string of the molecule is O=C(O)C[C@H](NCCN[C@@H](CC(=O)O)C(=O)O)C(=O)O.[Mg+2].[Na+]. The predicted molar refractivity (Wildman–Crippen MR) is 69.1 cm³/mol. The van der Waals surface area contributed by atoms with Crippen LogP contribution < -0.4 is 40.2 Å². The van der Waals surface area contributed by atoms with Gasteiger partial charge in [-0.05, 0) is 0 Å². The summed E-state index contributed by atoms with van der Waals surface area (Å²) in [7, 11) is 0. The van der Waals surface area contributed by atoms with E-state index < -0.39 is 48.8 Å². The van der Waals surface area contributed by atoms with E-state index in [4.69, 9.17) is 20.4 Å². The summed E-state index contributed by atoms with van der Waals surface area (Å²) in [5, 5.41) is 39.2. The van der Waals surface area contributed by atoms with Gasteiger partial charge in [-0.3, -0.25) is 19.2 Å². The summed E-state index contributed by atoms with van der Waals surface area (Å²) in [6.45, 7) is -0.0404. The summed E-state index contributed by atoms with van der Waals surface area (Å²) >= 11 is 0. The van der Waals surface area contributed by atoms with Crippen molar-refractivity contribution >= 4 is 46.9 Å². The summed E-state index contributed by atoms with van der Waals surface area (Å²) in [5.41, 5.74) is 0. The number of rotatable bonds is 11. The molecule has 0 aromatic rings. The van der Waals surface area contributed by atoms with E-state index in [1.807, 2.05) is 0 Å². The zero-order valence-electron chi connectivity index (χ0n) is 12.1. The van der Waals surface area contributed by atoms with E-state index in [1.54, 1.807) is 0 Å². The van der Waals surface area contributed by atoms with Gasteiger partial charge in [0.25, 0.3) is 0 Å². The number of carboxylic acid groups (broad SMARTS) is 4. The van der Waals surface area contributed by atoms with Crippen LogP contribution >= 0.6 is 0 Å². The number of hydrogen-bond acceptors (Lipinski definition) is 6. The standard InChI is InChI=1S/C10H16N2O8.Mg.Na/c13-7(14)3-5(9(17)18)11-1-2-12-6(10(19)20)4-8(15)16;;/h5-6,11-12H,1-4H2,(H,13,14)(H,15,16)(H,17,18)(H,19,20);;/q;+2;+1/t5-,6-;;/m0../s1. The van der Waals surface area contributed by atoms with E-state index in [2.05, 4.69) is 10.6 Å². The van der Waals surface area contributed by atoms with Gasteiger partial charge in [-0.25, -0.2) is 0 Å². The molecule has 114 valence electrons. The first-order valence-corrected chi connectivity index (χ1v) is 5.60. The Kier molecular flexibility index (Phi) is 17.1. The van der Waals surface area contributed by atoms with Crippen LogP contribution in [0.25, 0.3) is 0 Å². The van der Waals surface area contributed by atoms with Crippen molar-refractivity contribution < 1.29 is 69.2 Å². The normalized spacial score (nSPS) is 12.2. The molecule has 0 aromatic carbocycles. The number of carboxylic acids is 4. The van der Waals surface area contributed by atoms with Gasteiger partial charge in [-0.2, -0.15) is 0 Å². The minimum Gasteiger partial charge on any atom is -0.481 e. The number of carbonyl (C=O) groups is 4. The quantitative estimate of drug-likeness (QED) is 0.157. The van der Waals surface area contributed by atoms with Crippen molar-refractivity contribution in [3.05, 3.63) is 0 Å². The van der Waals surface area contributed by atoms with Crippen LogP contribution in [-0.4, -0.2) is 92.5 Å². The van der Waals surface area contributed by atoms with Crippen LogP contribution in [0.4, 0.5) is 0 Å². The average Bonchev–Trinajstić information content (AvgIpc) is 2.29. The Morgan fingerprint density at radius 2 is 1.00 bits per heavy atom. The van der Waals surface area contributed by atoms with Gasteiger partial charge in [0.1, 0.15) is 12.1 Å². The molecule has 0 radical (unpaired) electrons. The Morgan fingerprint density at radius 3 is 1.18 bits per heavy atom. The Balaban J connectivity index is -0.00000180.